The molecule has 3 N–H and O–H groups in total. The van der Waals surface area contributed by atoms with Crippen molar-refractivity contribution in [1.82, 2.24) is 0 Å². The Morgan fingerprint density at radius 2 is 2.18 bits per heavy atom. The number of rotatable bonds is 1. The van der Waals surface area contributed by atoms with Gasteiger partial charge in [-0.1, -0.05) is 6.07 Å². The summed E-state index contributed by atoms with van der Waals surface area (Å²) in [6.07, 6.45) is 0. The van der Waals surface area contributed by atoms with Crippen LogP contribution in [0.4, 0.5) is 4.39 Å². The molecule has 60 valence electrons. The number of benzene rings is 1. The highest BCUT2D eigenvalue weighted by Gasteiger charge is 2.08. The van der Waals surface area contributed by atoms with E-state index in [2.05, 4.69) is 15.9 Å². The van der Waals surface area contributed by atoms with Crippen LogP contribution in [0, 0.1) is 5.82 Å². The topological polar surface area (TPSA) is 46.2 Å². The fourth-order valence-corrected chi connectivity index (χ4v) is 1.06. The van der Waals surface area contributed by atoms with Crippen LogP contribution in [0.2, 0.25) is 0 Å². The Balaban J connectivity index is 3.25. The molecule has 4 heteroatoms. The maximum absolute atomic E-state index is 12.8. The smallest absolute Gasteiger partial charge is 0.179 e. The average Bonchev–Trinajstić information content (AvgIpc) is 2.01. The first-order valence-corrected chi connectivity index (χ1v) is 3.82. The summed E-state index contributed by atoms with van der Waals surface area (Å²) in [6.45, 7) is 0.135. The standard InChI is InChI=1S/C7H7BrFNO/c8-5-2-1-4(3-10)7(11)6(5)9/h1-2,11H,3,10H2. The molecular formula is C7H7BrFNO. The van der Waals surface area contributed by atoms with Crippen molar-refractivity contribution in [1.29, 1.82) is 0 Å². The van der Waals surface area contributed by atoms with Crippen molar-refractivity contribution < 1.29 is 9.50 Å². The Bertz CT molecular complexity index is 277. The molecule has 0 aliphatic carbocycles. The SMILES string of the molecule is NCc1ccc(Br)c(F)c1O. The molecule has 0 heterocycles. The highest BCUT2D eigenvalue weighted by molar-refractivity contribution is 9.10. The number of aromatic hydroxyl groups is 1. The molecule has 0 atom stereocenters. The van der Waals surface area contributed by atoms with Crippen LogP contribution in [0.15, 0.2) is 16.6 Å². The van der Waals surface area contributed by atoms with Crippen molar-refractivity contribution in [2.45, 2.75) is 6.54 Å². The number of phenolic OH excluding ortho intramolecular Hbond substituents is 1. The molecule has 0 spiro atoms. The molecule has 11 heavy (non-hydrogen) atoms. The van der Waals surface area contributed by atoms with Gasteiger partial charge in [-0.05, 0) is 22.0 Å². The Hall–Kier alpha value is -0.610. The second kappa shape index (κ2) is 3.19. The Labute approximate surface area is 72.0 Å². The first-order chi connectivity index (χ1) is 5.16. The number of nitrogens with two attached hydrogens (primary N) is 1. The maximum atomic E-state index is 12.8. The molecule has 0 aromatic heterocycles. The van der Waals surface area contributed by atoms with Gasteiger partial charge in [-0.2, -0.15) is 0 Å². The van der Waals surface area contributed by atoms with E-state index in [0.717, 1.165) is 0 Å². The molecule has 0 bridgehead atoms. The molecule has 1 rings (SSSR count). The summed E-state index contributed by atoms with van der Waals surface area (Å²) in [6, 6.07) is 3.08. The summed E-state index contributed by atoms with van der Waals surface area (Å²) in [5.41, 5.74) is 5.64. The van der Waals surface area contributed by atoms with Crippen molar-refractivity contribution in [3.05, 3.63) is 28.0 Å². The van der Waals surface area contributed by atoms with E-state index in [0.29, 0.717) is 5.56 Å². The zero-order valence-corrected chi connectivity index (χ0v) is 7.23. The Morgan fingerprint density at radius 1 is 1.55 bits per heavy atom. The van der Waals surface area contributed by atoms with Gasteiger partial charge in [-0.15, -0.1) is 0 Å². The second-order valence-corrected chi connectivity index (χ2v) is 2.93. The van der Waals surface area contributed by atoms with Crippen LogP contribution >= 0.6 is 15.9 Å². The van der Waals surface area contributed by atoms with Crippen LogP contribution in [0.25, 0.3) is 0 Å². The van der Waals surface area contributed by atoms with Crippen LogP contribution in [0.1, 0.15) is 5.56 Å². The maximum Gasteiger partial charge on any atom is 0.179 e. The van der Waals surface area contributed by atoms with E-state index >= 15 is 0 Å². The van der Waals surface area contributed by atoms with E-state index in [-0.39, 0.29) is 16.8 Å². The van der Waals surface area contributed by atoms with Gasteiger partial charge >= 0.3 is 0 Å². The third-order valence-electron chi connectivity index (χ3n) is 1.37. The minimum atomic E-state index is -0.659. The van der Waals surface area contributed by atoms with Crippen LogP contribution < -0.4 is 5.73 Å². The molecule has 0 fully saturated rings. The normalized spacial score (nSPS) is 10.1. The van der Waals surface area contributed by atoms with E-state index < -0.39 is 5.82 Å². The second-order valence-electron chi connectivity index (χ2n) is 2.07. The lowest BCUT2D eigenvalue weighted by Gasteiger charge is -2.02. The van der Waals surface area contributed by atoms with Gasteiger partial charge in [-0.3, -0.25) is 0 Å². The molecule has 0 unspecified atom stereocenters. The lowest BCUT2D eigenvalue weighted by atomic mass is 10.2. The number of hydrogen-bond donors (Lipinski definition) is 2. The Kier molecular flexibility index (Phi) is 2.46. The van der Waals surface area contributed by atoms with Gasteiger partial charge in [0.05, 0.1) is 4.47 Å². The van der Waals surface area contributed by atoms with Crippen LogP contribution in [-0.2, 0) is 6.54 Å². The zero-order chi connectivity index (χ0) is 8.43. The number of hydrogen-bond acceptors (Lipinski definition) is 2. The van der Waals surface area contributed by atoms with Gasteiger partial charge in [0.2, 0.25) is 0 Å². The van der Waals surface area contributed by atoms with Crippen molar-refractivity contribution in [2.24, 2.45) is 5.73 Å². The van der Waals surface area contributed by atoms with Crippen LogP contribution in [0.5, 0.6) is 5.75 Å². The summed E-state index contributed by atoms with van der Waals surface area (Å²) in [5.74, 6) is -1.03. The van der Waals surface area contributed by atoms with E-state index in [9.17, 15) is 4.39 Å². The summed E-state index contributed by atoms with van der Waals surface area (Å²) < 4.78 is 13.1. The summed E-state index contributed by atoms with van der Waals surface area (Å²) >= 11 is 2.93. The molecule has 0 amide bonds. The Morgan fingerprint density at radius 3 is 2.73 bits per heavy atom. The number of phenols is 1. The minimum absolute atomic E-state index is 0.135. The molecule has 1 aromatic carbocycles. The largest absolute Gasteiger partial charge is 0.505 e. The molecule has 0 saturated heterocycles. The molecule has 0 aliphatic rings. The predicted octanol–water partition coefficient (Wildman–Crippen LogP) is 1.75. The van der Waals surface area contributed by atoms with Crippen molar-refractivity contribution in [2.75, 3.05) is 0 Å². The van der Waals surface area contributed by atoms with Gasteiger partial charge in [0.1, 0.15) is 0 Å². The fraction of sp³-hybridized carbons (Fsp3) is 0.143. The average molecular weight is 220 g/mol. The quantitative estimate of drug-likeness (QED) is 0.757. The highest BCUT2D eigenvalue weighted by atomic mass is 79.9. The molecule has 0 radical (unpaired) electrons. The van der Waals surface area contributed by atoms with Gasteiger partial charge in [-0.25, -0.2) is 4.39 Å². The van der Waals surface area contributed by atoms with Crippen LogP contribution in [0.3, 0.4) is 0 Å². The first-order valence-electron chi connectivity index (χ1n) is 3.02. The van der Waals surface area contributed by atoms with Gasteiger partial charge < -0.3 is 10.8 Å². The lowest BCUT2D eigenvalue weighted by molar-refractivity contribution is 0.424. The van der Waals surface area contributed by atoms with Crippen molar-refractivity contribution >= 4 is 15.9 Å². The van der Waals surface area contributed by atoms with E-state index in [1.54, 1.807) is 6.07 Å². The lowest BCUT2D eigenvalue weighted by Crippen LogP contribution is -1.97. The molecule has 2 nitrogen and oxygen atoms in total. The van der Waals surface area contributed by atoms with E-state index in [4.69, 9.17) is 10.8 Å². The summed E-state index contributed by atoms with van der Waals surface area (Å²) in [7, 11) is 0. The summed E-state index contributed by atoms with van der Waals surface area (Å²) in [4.78, 5) is 0. The van der Waals surface area contributed by atoms with Gasteiger partial charge in [0, 0.05) is 12.1 Å². The van der Waals surface area contributed by atoms with Crippen LogP contribution in [-0.4, -0.2) is 5.11 Å². The number of halogens is 2. The zero-order valence-electron chi connectivity index (χ0n) is 5.64. The third-order valence-corrected chi connectivity index (χ3v) is 1.98. The molecule has 0 aliphatic heterocycles. The highest BCUT2D eigenvalue weighted by Crippen LogP contribution is 2.27. The minimum Gasteiger partial charge on any atom is -0.505 e. The molecular weight excluding hydrogens is 213 g/mol. The predicted molar refractivity (Wildman–Crippen MR) is 43.7 cm³/mol. The first kappa shape index (κ1) is 8.49. The van der Waals surface area contributed by atoms with E-state index in [1.807, 2.05) is 0 Å². The molecule has 1 aromatic rings. The van der Waals surface area contributed by atoms with Crippen molar-refractivity contribution in [3.63, 3.8) is 0 Å². The van der Waals surface area contributed by atoms with Crippen molar-refractivity contribution in [3.8, 4) is 5.75 Å². The fourth-order valence-electron chi connectivity index (χ4n) is 0.745. The van der Waals surface area contributed by atoms with E-state index in [1.165, 1.54) is 6.07 Å². The molecule has 0 saturated carbocycles. The van der Waals surface area contributed by atoms with Gasteiger partial charge in [0.15, 0.2) is 11.6 Å². The van der Waals surface area contributed by atoms with Gasteiger partial charge in [0.25, 0.3) is 0 Å². The third kappa shape index (κ3) is 1.52. The summed E-state index contributed by atoms with van der Waals surface area (Å²) in [5, 5.41) is 9.09. The monoisotopic (exact) mass is 219 g/mol.